The molecule has 5 rings (SSSR count). The Bertz CT molecular complexity index is 1790. The molecule has 2 amide bonds. The number of hydrogen-bond acceptors (Lipinski definition) is 8. The smallest absolute Gasteiger partial charge is 0.255 e. The number of nitrogen functional groups attached to an aromatic ring is 1. The van der Waals surface area contributed by atoms with Crippen LogP contribution in [0, 0.1) is 0 Å². The van der Waals surface area contributed by atoms with E-state index in [2.05, 4.69) is 10.6 Å². The SMILES string of the molecule is COc1cc2c(c(OC)c1OC)-c1ccc(OC)c(=O)cc1[C@@H](NC(=O)c1ccc(C(=O)Nc3ccccc3N)cc1)CC2. The molecule has 0 saturated carbocycles. The highest BCUT2D eigenvalue weighted by Crippen LogP contribution is 2.50. The number of benzene rings is 3. The highest BCUT2D eigenvalue weighted by molar-refractivity contribution is 6.06. The fourth-order valence-corrected chi connectivity index (χ4v) is 5.44. The fraction of sp³-hybridized carbons (Fsp3) is 0.206. The van der Waals surface area contributed by atoms with Gasteiger partial charge >= 0.3 is 0 Å². The van der Waals surface area contributed by atoms with Gasteiger partial charge in [-0.2, -0.15) is 0 Å². The Morgan fingerprint density at radius 1 is 0.773 bits per heavy atom. The molecule has 226 valence electrons. The van der Waals surface area contributed by atoms with E-state index in [4.69, 9.17) is 24.7 Å². The zero-order chi connectivity index (χ0) is 31.4. The third-order valence-corrected chi connectivity index (χ3v) is 7.64. The molecule has 0 unspecified atom stereocenters. The van der Waals surface area contributed by atoms with Crippen molar-refractivity contribution >= 4 is 23.2 Å². The molecule has 0 saturated heterocycles. The van der Waals surface area contributed by atoms with Crippen molar-refractivity contribution in [2.24, 2.45) is 0 Å². The van der Waals surface area contributed by atoms with E-state index >= 15 is 0 Å². The van der Waals surface area contributed by atoms with Gasteiger partial charge in [-0.1, -0.05) is 18.2 Å². The summed E-state index contributed by atoms with van der Waals surface area (Å²) in [5.41, 5.74) is 10.2. The number of nitrogens with one attached hydrogen (secondary N) is 2. The van der Waals surface area contributed by atoms with Gasteiger partial charge in [0, 0.05) is 16.7 Å². The van der Waals surface area contributed by atoms with Crippen molar-refractivity contribution in [1.29, 1.82) is 0 Å². The van der Waals surface area contributed by atoms with Crippen LogP contribution in [0.15, 0.2) is 77.6 Å². The fourth-order valence-electron chi connectivity index (χ4n) is 5.44. The largest absolute Gasteiger partial charge is 0.493 e. The van der Waals surface area contributed by atoms with E-state index in [0.717, 1.165) is 11.1 Å². The number of rotatable bonds is 8. The first-order valence-electron chi connectivity index (χ1n) is 13.9. The van der Waals surface area contributed by atoms with Gasteiger partial charge < -0.3 is 35.3 Å². The molecule has 0 fully saturated rings. The molecule has 0 heterocycles. The van der Waals surface area contributed by atoms with Crippen molar-refractivity contribution < 1.29 is 28.5 Å². The number of aryl methyl sites for hydroxylation is 1. The second-order valence-corrected chi connectivity index (χ2v) is 10.1. The first-order valence-corrected chi connectivity index (χ1v) is 13.9. The summed E-state index contributed by atoms with van der Waals surface area (Å²) < 4.78 is 22.4. The topological polar surface area (TPSA) is 138 Å². The molecule has 10 heteroatoms. The summed E-state index contributed by atoms with van der Waals surface area (Å²) >= 11 is 0. The van der Waals surface area contributed by atoms with Crippen LogP contribution in [0.5, 0.6) is 23.0 Å². The van der Waals surface area contributed by atoms with Crippen LogP contribution in [0.2, 0.25) is 0 Å². The normalized spacial score (nSPS) is 13.4. The van der Waals surface area contributed by atoms with Crippen molar-refractivity contribution in [2.45, 2.75) is 18.9 Å². The van der Waals surface area contributed by atoms with Gasteiger partial charge in [0.15, 0.2) is 17.2 Å². The quantitative estimate of drug-likeness (QED) is 0.242. The molecular weight excluding hydrogens is 562 g/mol. The molecule has 0 bridgehead atoms. The van der Waals surface area contributed by atoms with E-state index in [9.17, 15) is 14.4 Å². The lowest BCUT2D eigenvalue weighted by atomic mass is 9.95. The van der Waals surface area contributed by atoms with Gasteiger partial charge in [-0.3, -0.25) is 14.4 Å². The van der Waals surface area contributed by atoms with Gasteiger partial charge in [0.2, 0.25) is 11.2 Å². The minimum atomic E-state index is -0.541. The molecule has 1 aliphatic carbocycles. The summed E-state index contributed by atoms with van der Waals surface area (Å²) in [6.07, 6.45) is 1.03. The highest BCUT2D eigenvalue weighted by Gasteiger charge is 2.30. The summed E-state index contributed by atoms with van der Waals surface area (Å²) in [5.74, 6) is 0.832. The Labute approximate surface area is 254 Å². The van der Waals surface area contributed by atoms with Crippen molar-refractivity contribution in [1.82, 2.24) is 5.32 Å². The lowest BCUT2D eigenvalue weighted by molar-refractivity contribution is 0.0933. The second-order valence-electron chi connectivity index (χ2n) is 10.1. The molecule has 0 aliphatic heterocycles. The van der Waals surface area contributed by atoms with Crippen LogP contribution >= 0.6 is 0 Å². The van der Waals surface area contributed by atoms with Crippen molar-refractivity contribution in [3.05, 3.63) is 105 Å². The highest BCUT2D eigenvalue weighted by atomic mass is 16.5. The van der Waals surface area contributed by atoms with Crippen LogP contribution in [-0.2, 0) is 6.42 Å². The predicted octanol–water partition coefficient (Wildman–Crippen LogP) is 5.00. The van der Waals surface area contributed by atoms with E-state index in [1.54, 1.807) is 74.9 Å². The van der Waals surface area contributed by atoms with Gasteiger partial charge in [0.05, 0.1) is 45.9 Å². The number of methoxy groups -OCH3 is 4. The second kappa shape index (κ2) is 12.8. The van der Waals surface area contributed by atoms with Crippen molar-refractivity contribution in [3.8, 4) is 34.1 Å². The molecule has 10 nitrogen and oxygen atoms in total. The third kappa shape index (κ3) is 5.74. The molecular formula is C34H33N3O7. The summed E-state index contributed by atoms with van der Waals surface area (Å²) in [7, 11) is 6.06. The zero-order valence-corrected chi connectivity index (χ0v) is 24.9. The van der Waals surface area contributed by atoms with Gasteiger partial charge in [-0.15, -0.1) is 0 Å². The third-order valence-electron chi connectivity index (χ3n) is 7.64. The number of carbonyl (C=O) groups is 2. The zero-order valence-electron chi connectivity index (χ0n) is 24.9. The Morgan fingerprint density at radius 2 is 1.43 bits per heavy atom. The number of fused-ring (bicyclic) bond motifs is 3. The Morgan fingerprint density at radius 3 is 2.07 bits per heavy atom. The number of anilines is 2. The molecule has 1 aliphatic rings. The van der Waals surface area contributed by atoms with Gasteiger partial charge in [0.1, 0.15) is 0 Å². The van der Waals surface area contributed by atoms with E-state index in [0.29, 0.717) is 63.7 Å². The Kier molecular flexibility index (Phi) is 8.71. The van der Waals surface area contributed by atoms with Crippen LogP contribution in [-0.4, -0.2) is 40.3 Å². The van der Waals surface area contributed by atoms with E-state index in [-0.39, 0.29) is 23.0 Å². The maximum atomic E-state index is 13.5. The van der Waals surface area contributed by atoms with Crippen LogP contribution < -0.4 is 40.7 Å². The standard InChI is InChI=1S/C34H33N3O7/c1-41-28-16-14-22-23(18-27(28)38)25(15-13-21-17-29(42-2)31(43-3)32(44-4)30(21)22)36-33(39)19-9-11-20(12-10-19)34(40)37-26-8-6-5-7-24(26)35/h5-12,14,16-18,25H,13,15,35H2,1-4H3,(H,36,39)(H,37,40)/t25-/m0/s1. The van der Waals surface area contributed by atoms with Crippen LogP contribution in [0.25, 0.3) is 11.1 Å². The average Bonchev–Trinajstić information content (AvgIpc) is 3.29. The number of nitrogens with two attached hydrogens (primary N) is 1. The molecule has 4 aromatic carbocycles. The summed E-state index contributed by atoms with van der Waals surface area (Å²) in [6, 6.07) is 19.5. The lowest BCUT2D eigenvalue weighted by Gasteiger charge is -2.20. The Hall–Kier alpha value is -5.51. The molecule has 0 aromatic heterocycles. The summed E-state index contributed by atoms with van der Waals surface area (Å²) in [4.78, 5) is 39.4. The summed E-state index contributed by atoms with van der Waals surface area (Å²) in [6.45, 7) is 0. The van der Waals surface area contributed by atoms with E-state index in [1.165, 1.54) is 20.3 Å². The molecule has 44 heavy (non-hydrogen) atoms. The number of carbonyl (C=O) groups excluding carboxylic acids is 2. The molecule has 4 aromatic rings. The van der Waals surface area contributed by atoms with Crippen LogP contribution in [0.4, 0.5) is 11.4 Å². The molecule has 1 atom stereocenters. The Balaban J connectivity index is 1.49. The number of ether oxygens (including phenoxy) is 4. The van der Waals surface area contributed by atoms with Crippen LogP contribution in [0.3, 0.4) is 0 Å². The predicted molar refractivity (Wildman–Crippen MR) is 168 cm³/mol. The molecule has 4 N–H and O–H groups in total. The number of hydrogen-bond donors (Lipinski definition) is 3. The van der Waals surface area contributed by atoms with Crippen LogP contribution in [0.1, 0.15) is 44.3 Å². The van der Waals surface area contributed by atoms with Gasteiger partial charge in [-0.25, -0.2) is 0 Å². The molecule has 0 radical (unpaired) electrons. The average molecular weight is 596 g/mol. The van der Waals surface area contributed by atoms with Gasteiger partial charge in [0.25, 0.3) is 11.8 Å². The number of amides is 2. The maximum absolute atomic E-state index is 13.5. The van der Waals surface area contributed by atoms with E-state index in [1.807, 2.05) is 6.07 Å². The monoisotopic (exact) mass is 595 g/mol. The molecule has 0 spiro atoms. The van der Waals surface area contributed by atoms with Crippen molar-refractivity contribution in [3.63, 3.8) is 0 Å². The first kappa shape index (κ1) is 30.0. The van der Waals surface area contributed by atoms with Gasteiger partial charge in [-0.05, 0) is 84.1 Å². The first-order chi connectivity index (χ1) is 21.3. The van der Waals surface area contributed by atoms with E-state index < -0.39 is 6.04 Å². The number of para-hydroxylation sites is 2. The maximum Gasteiger partial charge on any atom is 0.255 e. The lowest BCUT2D eigenvalue weighted by Crippen LogP contribution is -2.29. The van der Waals surface area contributed by atoms with Crippen molar-refractivity contribution in [2.75, 3.05) is 39.5 Å². The summed E-state index contributed by atoms with van der Waals surface area (Å²) in [5, 5.41) is 5.87. The minimum Gasteiger partial charge on any atom is -0.493 e. The minimum absolute atomic E-state index is 0.162.